The first-order chi connectivity index (χ1) is 9.63. The fourth-order valence-electron chi connectivity index (χ4n) is 2.20. The van der Waals surface area contributed by atoms with Gasteiger partial charge in [-0.05, 0) is 23.4 Å². The standard InChI is InChI=1S/C16H20FNOS/c1-11(2)16(14-8-5-9-20-14)18-10-12-6-4-7-13(19-3)15(12)17/h4-9,11,16,18H,10H2,1-3H3. The van der Waals surface area contributed by atoms with Gasteiger partial charge in [-0.2, -0.15) is 0 Å². The summed E-state index contributed by atoms with van der Waals surface area (Å²) in [6, 6.07) is 9.64. The quantitative estimate of drug-likeness (QED) is 0.853. The summed E-state index contributed by atoms with van der Waals surface area (Å²) in [6.07, 6.45) is 0. The summed E-state index contributed by atoms with van der Waals surface area (Å²) >= 11 is 1.73. The molecule has 0 spiro atoms. The Morgan fingerprint density at radius 1 is 1.25 bits per heavy atom. The highest BCUT2D eigenvalue weighted by atomic mass is 32.1. The van der Waals surface area contributed by atoms with Crippen molar-refractivity contribution in [3.8, 4) is 5.75 Å². The molecule has 4 heteroatoms. The van der Waals surface area contributed by atoms with E-state index in [2.05, 4.69) is 30.6 Å². The van der Waals surface area contributed by atoms with Crippen molar-refractivity contribution in [1.29, 1.82) is 0 Å². The number of ether oxygens (including phenoxy) is 1. The molecule has 2 aromatic rings. The highest BCUT2D eigenvalue weighted by molar-refractivity contribution is 7.10. The molecule has 2 rings (SSSR count). The number of benzene rings is 1. The van der Waals surface area contributed by atoms with E-state index in [1.54, 1.807) is 23.5 Å². The van der Waals surface area contributed by atoms with E-state index in [1.165, 1.54) is 12.0 Å². The zero-order valence-corrected chi connectivity index (χ0v) is 12.8. The Kier molecular flexibility index (Phi) is 5.15. The number of thiophene rings is 1. The first kappa shape index (κ1) is 15.0. The average molecular weight is 293 g/mol. The van der Waals surface area contributed by atoms with Crippen LogP contribution in [0.4, 0.5) is 4.39 Å². The van der Waals surface area contributed by atoms with Crippen LogP contribution in [0.3, 0.4) is 0 Å². The van der Waals surface area contributed by atoms with Crippen molar-refractivity contribution in [2.24, 2.45) is 5.92 Å². The van der Waals surface area contributed by atoms with Gasteiger partial charge in [0, 0.05) is 23.0 Å². The van der Waals surface area contributed by atoms with Crippen molar-refractivity contribution in [2.75, 3.05) is 7.11 Å². The highest BCUT2D eigenvalue weighted by Gasteiger charge is 2.17. The van der Waals surface area contributed by atoms with Crippen LogP contribution in [0.25, 0.3) is 0 Å². The molecule has 20 heavy (non-hydrogen) atoms. The second-order valence-corrected chi connectivity index (χ2v) is 6.03. The minimum atomic E-state index is -0.281. The Bertz CT molecular complexity index is 539. The molecule has 0 amide bonds. The van der Waals surface area contributed by atoms with E-state index in [4.69, 9.17) is 4.74 Å². The van der Waals surface area contributed by atoms with Gasteiger partial charge in [-0.3, -0.25) is 0 Å². The molecule has 0 aliphatic heterocycles. The van der Waals surface area contributed by atoms with Gasteiger partial charge in [0.1, 0.15) is 0 Å². The number of rotatable bonds is 6. The molecule has 0 fully saturated rings. The molecule has 0 radical (unpaired) electrons. The van der Waals surface area contributed by atoms with Crippen LogP contribution in [-0.2, 0) is 6.54 Å². The van der Waals surface area contributed by atoms with Gasteiger partial charge in [0.05, 0.1) is 7.11 Å². The molecule has 1 heterocycles. The third-order valence-electron chi connectivity index (χ3n) is 3.29. The summed E-state index contributed by atoms with van der Waals surface area (Å²) in [5.41, 5.74) is 0.631. The number of halogens is 1. The number of hydrogen-bond donors (Lipinski definition) is 1. The molecule has 1 aromatic heterocycles. The molecule has 0 saturated heterocycles. The number of hydrogen-bond acceptors (Lipinski definition) is 3. The van der Waals surface area contributed by atoms with E-state index in [-0.39, 0.29) is 11.9 Å². The van der Waals surface area contributed by atoms with Crippen molar-refractivity contribution >= 4 is 11.3 Å². The van der Waals surface area contributed by atoms with E-state index in [0.717, 1.165) is 0 Å². The van der Waals surface area contributed by atoms with Crippen molar-refractivity contribution in [3.05, 3.63) is 52.0 Å². The van der Waals surface area contributed by atoms with Crippen LogP contribution < -0.4 is 10.1 Å². The molecule has 1 aromatic carbocycles. The van der Waals surface area contributed by atoms with Crippen LogP contribution in [0.1, 0.15) is 30.3 Å². The van der Waals surface area contributed by atoms with Crippen molar-refractivity contribution < 1.29 is 9.13 Å². The fraction of sp³-hybridized carbons (Fsp3) is 0.375. The summed E-state index contributed by atoms with van der Waals surface area (Å²) in [5.74, 6) is 0.458. The largest absolute Gasteiger partial charge is 0.494 e. The van der Waals surface area contributed by atoms with Crippen molar-refractivity contribution in [1.82, 2.24) is 5.32 Å². The average Bonchev–Trinajstić information content (AvgIpc) is 2.94. The van der Waals surface area contributed by atoms with Crippen molar-refractivity contribution in [2.45, 2.75) is 26.4 Å². The molecule has 2 nitrogen and oxygen atoms in total. The van der Waals surface area contributed by atoms with Gasteiger partial charge in [-0.15, -0.1) is 11.3 Å². The maximum atomic E-state index is 14.1. The summed E-state index contributed by atoms with van der Waals surface area (Å²) in [7, 11) is 1.48. The smallest absolute Gasteiger partial charge is 0.169 e. The Morgan fingerprint density at radius 2 is 2.05 bits per heavy atom. The Balaban J connectivity index is 2.10. The minimum Gasteiger partial charge on any atom is -0.494 e. The molecular formula is C16H20FNOS. The van der Waals surface area contributed by atoms with Crippen LogP contribution in [0.5, 0.6) is 5.75 Å². The summed E-state index contributed by atoms with van der Waals surface area (Å²) in [5, 5.41) is 5.51. The number of nitrogens with one attached hydrogen (secondary N) is 1. The molecule has 1 N–H and O–H groups in total. The second-order valence-electron chi connectivity index (χ2n) is 5.05. The van der Waals surface area contributed by atoms with E-state index in [1.807, 2.05) is 12.1 Å². The Morgan fingerprint density at radius 3 is 2.65 bits per heavy atom. The normalized spacial score (nSPS) is 12.7. The van der Waals surface area contributed by atoms with E-state index >= 15 is 0 Å². The lowest BCUT2D eigenvalue weighted by Crippen LogP contribution is -2.25. The second kappa shape index (κ2) is 6.86. The first-order valence-electron chi connectivity index (χ1n) is 6.71. The monoisotopic (exact) mass is 293 g/mol. The van der Waals surface area contributed by atoms with Gasteiger partial charge in [0.2, 0.25) is 0 Å². The zero-order valence-electron chi connectivity index (χ0n) is 12.0. The summed E-state index contributed by atoms with van der Waals surface area (Å²) in [4.78, 5) is 1.28. The molecule has 0 saturated carbocycles. The Labute approximate surface area is 123 Å². The lowest BCUT2D eigenvalue weighted by atomic mass is 10.0. The van der Waals surface area contributed by atoms with Crippen LogP contribution in [0.2, 0.25) is 0 Å². The SMILES string of the molecule is COc1cccc(CNC(c2cccs2)C(C)C)c1F. The lowest BCUT2D eigenvalue weighted by molar-refractivity contribution is 0.378. The van der Waals surface area contributed by atoms with E-state index < -0.39 is 0 Å². The maximum absolute atomic E-state index is 14.1. The molecule has 108 valence electrons. The van der Waals surface area contributed by atoms with E-state index in [9.17, 15) is 4.39 Å². The van der Waals surface area contributed by atoms with Crippen LogP contribution >= 0.6 is 11.3 Å². The number of methoxy groups -OCH3 is 1. The molecule has 0 aliphatic rings. The van der Waals surface area contributed by atoms with Gasteiger partial charge in [-0.1, -0.05) is 32.0 Å². The molecular weight excluding hydrogens is 273 g/mol. The third kappa shape index (κ3) is 3.38. The highest BCUT2D eigenvalue weighted by Crippen LogP contribution is 2.27. The van der Waals surface area contributed by atoms with Gasteiger partial charge >= 0.3 is 0 Å². The molecule has 0 aliphatic carbocycles. The fourth-order valence-corrected chi connectivity index (χ4v) is 3.18. The van der Waals surface area contributed by atoms with Crippen LogP contribution in [0.15, 0.2) is 35.7 Å². The van der Waals surface area contributed by atoms with Crippen molar-refractivity contribution in [3.63, 3.8) is 0 Å². The lowest BCUT2D eigenvalue weighted by Gasteiger charge is -2.21. The topological polar surface area (TPSA) is 21.3 Å². The maximum Gasteiger partial charge on any atom is 0.169 e. The predicted molar refractivity (Wildman–Crippen MR) is 81.7 cm³/mol. The van der Waals surface area contributed by atoms with Gasteiger partial charge in [0.15, 0.2) is 11.6 Å². The van der Waals surface area contributed by atoms with Gasteiger partial charge in [0.25, 0.3) is 0 Å². The minimum absolute atomic E-state index is 0.237. The molecule has 1 atom stereocenters. The predicted octanol–water partition coefficient (Wildman–Crippen LogP) is 4.38. The summed E-state index contributed by atoms with van der Waals surface area (Å²) < 4.78 is 19.1. The zero-order chi connectivity index (χ0) is 14.5. The van der Waals surface area contributed by atoms with E-state index in [0.29, 0.717) is 23.8 Å². The van der Waals surface area contributed by atoms with Gasteiger partial charge in [-0.25, -0.2) is 4.39 Å². The van der Waals surface area contributed by atoms with Crippen LogP contribution in [-0.4, -0.2) is 7.11 Å². The molecule has 1 unspecified atom stereocenters. The third-order valence-corrected chi connectivity index (χ3v) is 4.25. The molecule has 0 bridgehead atoms. The summed E-state index contributed by atoms with van der Waals surface area (Å²) in [6.45, 7) is 4.82. The first-order valence-corrected chi connectivity index (χ1v) is 7.59. The van der Waals surface area contributed by atoms with Gasteiger partial charge < -0.3 is 10.1 Å². The van der Waals surface area contributed by atoms with Crippen LogP contribution in [0, 0.1) is 11.7 Å². The Hall–Kier alpha value is -1.39.